The van der Waals surface area contributed by atoms with Gasteiger partial charge in [-0.1, -0.05) is 13.8 Å². The van der Waals surface area contributed by atoms with Crippen molar-refractivity contribution in [2.45, 2.75) is 31.9 Å². The Morgan fingerprint density at radius 3 is 2.55 bits per heavy atom. The molecule has 0 aromatic rings. The molecule has 1 heterocycles. The normalized spacial score (nSPS) is 21.0. The van der Waals surface area contributed by atoms with Gasteiger partial charge in [0.15, 0.2) is 0 Å². The topological polar surface area (TPSA) is 9.23 Å². The Balaban J connectivity index is 2.05. The summed E-state index contributed by atoms with van der Waals surface area (Å²) in [4.78, 5) is 0. The van der Waals surface area contributed by atoms with Gasteiger partial charge >= 0.3 is 0 Å². The van der Waals surface area contributed by atoms with E-state index in [2.05, 4.69) is 25.6 Å². The molecule has 0 amide bonds. The van der Waals surface area contributed by atoms with Gasteiger partial charge in [0.05, 0.1) is 0 Å². The first kappa shape index (κ1) is 9.40. The van der Waals surface area contributed by atoms with Crippen LogP contribution in [-0.4, -0.2) is 24.2 Å². The molecular formula is C9H18OS. The van der Waals surface area contributed by atoms with Crippen LogP contribution in [0.15, 0.2) is 0 Å². The summed E-state index contributed by atoms with van der Waals surface area (Å²) in [6.07, 6.45) is 2.56. The molecule has 0 N–H and O–H groups in total. The molecule has 1 fully saturated rings. The average Bonchev–Trinajstić information content (AvgIpc) is 2.03. The molecule has 1 aliphatic rings. The van der Waals surface area contributed by atoms with E-state index in [1.807, 2.05) is 0 Å². The first-order valence-corrected chi connectivity index (χ1v) is 5.53. The summed E-state index contributed by atoms with van der Waals surface area (Å²) in [7, 11) is 0. The zero-order valence-corrected chi connectivity index (χ0v) is 8.32. The van der Waals surface area contributed by atoms with Gasteiger partial charge in [0.1, 0.15) is 0 Å². The van der Waals surface area contributed by atoms with Crippen LogP contribution >= 0.6 is 11.8 Å². The van der Waals surface area contributed by atoms with E-state index in [-0.39, 0.29) is 0 Å². The number of hydrogen-bond acceptors (Lipinski definition) is 2. The highest BCUT2D eigenvalue weighted by molar-refractivity contribution is 7.99. The van der Waals surface area contributed by atoms with Crippen LogP contribution in [0.2, 0.25) is 0 Å². The zero-order valence-electron chi connectivity index (χ0n) is 7.51. The molecule has 0 saturated carbocycles. The highest BCUT2D eigenvalue weighted by Gasteiger charge is 2.13. The van der Waals surface area contributed by atoms with Gasteiger partial charge in [-0.15, -0.1) is 0 Å². The van der Waals surface area contributed by atoms with Crippen molar-refractivity contribution in [3.05, 3.63) is 0 Å². The van der Waals surface area contributed by atoms with E-state index in [9.17, 15) is 0 Å². The van der Waals surface area contributed by atoms with Crippen molar-refractivity contribution in [1.82, 2.24) is 0 Å². The first-order chi connectivity index (χ1) is 5.29. The zero-order chi connectivity index (χ0) is 8.10. The minimum atomic E-state index is 0.790. The maximum Gasteiger partial charge on any atom is 0.0468 e. The van der Waals surface area contributed by atoms with Crippen LogP contribution in [0.3, 0.4) is 0 Å². The van der Waals surface area contributed by atoms with Gasteiger partial charge in [0.25, 0.3) is 0 Å². The maximum atomic E-state index is 5.30. The van der Waals surface area contributed by atoms with E-state index in [1.165, 1.54) is 18.6 Å². The molecular weight excluding hydrogens is 156 g/mol. The maximum absolute atomic E-state index is 5.30. The molecule has 11 heavy (non-hydrogen) atoms. The van der Waals surface area contributed by atoms with E-state index in [4.69, 9.17) is 4.74 Å². The fourth-order valence-corrected chi connectivity index (χ4v) is 2.23. The summed E-state index contributed by atoms with van der Waals surface area (Å²) in [5.74, 6) is 2.26. The second kappa shape index (κ2) is 5.04. The van der Waals surface area contributed by atoms with Crippen LogP contribution in [-0.2, 0) is 4.74 Å². The SMILES string of the molecule is CC(C)SCC1CCOCC1. The summed E-state index contributed by atoms with van der Waals surface area (Å²) < 4.78 is 5.30. The molecule has 2 heteroatoms. The Kier molecular flexibility index (Phi) is 4.31. The van der Waals surface area contributed by atoms with Gasteiger partial charge in [-0.05, 0) is 29.8 Å². The largest absolute Gasteiger partial charge is 0.381 e. The summed E-state index contributed by atoms with van der Waals surface area (Å²) in [5.41, 5.74) is 0. The van der Waals surface area contributed by atoms with Crippen LogP contribution in [0.4, 0.5) is 0 Å². The molecule has 0 spiro atoms. The molecule has 0 unspecified atom stereocenters. The molecule has 0 aromatic carbocycles. The molecule has 0 bridgehead atoms. The van der Waals surface area contributed by atoms with Gasteiger partial charge < -0.3 is 4.74 Å². The van der Waals surface area contributed by atoms with Gasteiger partial charge in [-0.2, -0.15) is 11.8 Å². The van der Waals surface area contributed by atoms with Crippen LogP contribution in [0, 0.1) is 5.92 Å². The third-order valence-electron chi connectivity index (χ3n) is 2.01. The Hall–Kier alpha value is 0.310. The molecule has 1 rings (SSSR count). The van der Waals surface area contributed by atoms with Crippen molar-refractivity contribution in [1.29, 1.82) is 0 Å². The van der Waals surface area contributed by atoms with Gasteiger partial charge in [0, 0.05) is 13.2 Å². The Morgan fingerprint density at radius 1 is 1.36 bits per heavy atom. The molecule has 0 aliphatic carbocycles. The Bertz CT molecular complexity index is 97.7. The number of hydrogen-bond donors (Lipinski definition) is 0. The lowest BCUT2D eigenvalue weighted by atomic mass is 10.0. The van der Waals surface area contributed by atoms with E-state index in [0.717, 1.165) is 24.4 Å². The van der Waals surface area contributed by atoms with Crippen molar-refractivity contribution in [2.24, 2.45) is 5.92 Å². The summed E-state index contributed by atoms with van der Waals surface area (Å²) in [6, 6.07) is 0. The lowest BCUT2D eigenvalue weighted by Crippen LogP contribution is -2.18. The first-order valence-electron chi connectivity index (χ1n) is 4.48. The van der Waals surface area contributed by atoms with Crippen LogP contribution in [0.25, 0.3) is 0 Å². The molecule has 0 atom stereocenters. The third kappa shape index (κ3) is 4.02. The molecule has 1 nitrogen and oxygen atoms in total. The van der Waals surface area contributed by atoms with Crippen molar-refractivity contribution in [2.75, 3.05) is 19.0 Å². The lowest BCUT2D eigenvalue weighted by molar-refractivity contribution is 0.0727. The Morgan fingerprint density at radius 2 is 2.00 bits per heavy atom. The van der Waals surface area contributed by atoms with Gasteiger partial charge in [-0.25, -0.2) is 0 Å². The smallest absolute Gasteiger partial charge is 0.0468 e. The second-order valence-corrected chi connectivity index (χ2v) is 5.05. The molecule has 66 valence electrons. The fourth-order valence-electron chi connectivity index (χ4n) is 1.24. The van der Waals surface area contributed by atoms with Crippen molar-refractivity contribution >= 4 is 11.8 Å². The fraction of sp³-hybridized carbons (Fsp3) is 1.00. The predicted molar refractivity (Wildman–Crippen MR) is 51.1 cm³/mol. The van der Waals surface area contributed by atoms with Crippen molar-refractivity contribution < 1.29 is 4.74 Å². The van der Waals surface area contributed by atoms with Gasteiger partial charge in [-0.3, -0.25) is 0 Å². The van der Waals surface area contributed by atoms with E-state index in [0.29, 0.717) is 0 Å². The Labute approximate surface area is 73.9 Å². The lowest BCUT2D eigenvalue weighted by Gasteiger charge is -2.22. The second-order valence-electron chi connectivity index (χ2n) is 3.44. The summed E-state index contributed by atoms with van der Waals surface area (Å²) >= 11 is 2.08. The van der Waals surface area contributed by atoms with Crippen LogP contribution < -0.4 is 0 Å². The predicted octanol–water partition coefficient (Wildman–Crippen LogP) is 2.55. The monoisotopic (exact) mass is 174 g/mol. The number of rotatable bonds is 3. The van der Waals surface area contributed by atoms with E-state index < -0.39 is 0 Å². The van der Waals surface area contributed by atoms with E-state index >= 15 is 0 Å². The summed E-state index contributed by atoms with van der Waals surface area (Å²) in [6.45, 7) is 6.51. The molecule has 0 radical (unpaired) electrons. The highest BCUT2D eigenvalue weighted by Crippen LogP contribution is 2.22. The van der Waals surface area contributed by atoms with Crippen molar-refractivity contribution in [3.8, 4) is 0 Å². The minimum absolute atomic E-state index is 0.790. The van der Waals surface area contributed by atoms with Crippen LogP contribution in [0.1, 0.15) is 26.7 Å². The average molecular weight is 174 g/mol. The standard InChI is InChI=1S/C9H18OS/c1-8(2)11-7-9-3-5-10-6-4-9/h8-9H,3-7H2,1-2H3. The van der Waals surface area contributed by atoms with Crippen LogP contribution in [0.5, 0.6) is 0 Å². The quantitative estimate of drug-likeness (QED) is 0.650. The summed E-state index contributed by atoms with van der Waals surface area (Å²) in [5, 5.41) is 0.790. The molecule has 0 aromatic heterocycles. The van der Waals surface area contributed by atoms with E-state index in [1.54, 1.807) is 0 Å². The number of ether oxygens (including phenoxy) is 1. The number of thioether (sulfide) groups is 1. The highest BCUT2D eigenvalue weighted by atomic mass is 32.2. The van der Waals surface area contributed by atoms with Gasteiger partial charge in [0.2, 0.25) is 0 Å². The third-order valence-corrected chi connectivity index (χ3v) is 3.34. The van der Waals surface area contributed by atoms with Crippen molar-refractivity contribution in [3.63, 3.8) is 0 Å². The minimum Gasteiger partial charge on any atom is -0.381 e. The molecule has 1 aliphatic heterocycles. The molecule has 1 saturated heterocycles.